The molecule has 1 saturated carbocycles. The Labute approximate surface area is 171 Å². The topological polar surface area (TPSA) is 83.6 Å². The van der Waals surface area contributed by atoms with Crippen molar-refractivity contribution in [3.8, 4) is 0 Å². The molecular weight excluding hydrogens is 420 g/mol. The molecule has 0 bridgehead atoms. The standard InChI is InChI=1S/C19H23ClN2O4S2/c1-22(17-7-3-2-4-8-17)28(25,26)18-12-10-16(11-13-18)21-27(23,24)19-9-5-6-15(20)14-19/h5-6,9-14,17,21H,2-4,7-8H2,1H3. The lowest BCUT2D eigenvalue weighted by atomic mass is 9.96. The van der Waals surface area contributed by atoms with Crippen molar-refractivity contribution in [2.45, 2.75) is 47.9 Å². The highest BCUT2D eigenvalue weighted by Crippen LogP contribution is 2.27. The molecule has 0 aromatic heterocycles. The lowest BCUT2D eigenvalue weighted by Gasteiger charge is -2.30. The maximum Gasteiger partial charge on any atom is 0.261 e. The molecule has 0 saturated heterocycles. The first-order chi connectivity index (χ1) is 13.2. The molecule has 0 atom stereocenters. The number of benzene rings is 2. The van der Waals surface area contributed by atoms with Crippen LogP contribution in [0.4, 0.5) is 5.69 Å². The van der Waals surface area contributed by atoms with Crippen molar-refractivity contribution < 1.29 is 16.8 Å². The van der Waals surface area contributed by atoms with Crippen LogP contribution in [-0.2, 0) is 20.0 Å². The van der Waals surface area contributed by atoms with Gasteiger partial charge in [-0.15, -0.1) is 0 Å². The quantitative estimate of drug-likeness (QED) is 0.730. The van der Waals surface area contributed by atoms with Crippen LogP contribution >= 0.6 is 11.6 Å². The summed E-state index contributed by atoms with van der Waals surface area (Å²) in [6.07, 6.45) is 4.95. The van der Waals surface area contributed by atoms with Crippen LogP contribution in [0.5, 0.6) is 0 Å². The Bertz CT molecular complexity index is 1030. The van der Waals surface area contributed by atoms with E-state index in [4.69, 9.17) is 11.6 Å². The average Bonchev–Trinajstić information content (AvgIpc) is 2.68. The maximum absolute atomic E-state index is 12.9. The molecule has 3 rings (SSSR count). The lowest BCUT2D eigenvalue weighted by Crippen LogP contribution is -2.38. The smallest absolute Gasteiger partial charge is 0.261 e. The van der Waals surface area contributed by atoms with Crippen molar-refractivity contribution in [1.29, 1.82) is 0 Å². The minimum absolute atomic E-state index is 0.0137. The molecule has 0 spiro atoms. The molecule has 9 heteroatoms. The zero-order chi connectivity index (χ0) is 20.4. The van der Waals surface area contributed by atoms with E-state index in [1.807, 2.05) is 0 Å². The van der Waals surface area contributed by atoms with E-state index in [9.17, 15) is 16.8 Å². The van der Waals surface area contributed by atoms with Crippen molar-refractivity contribution in [2.24, 2.45) is 0 Å². The molecule has 0 aliphatic heterocycles. The summed E-state index contributed by atoms with van der Waals surface area (Å²) in [6, 6.07) is 11.7. The fraction of sp³-hybridized carbons (Fsp3) is 0.368. The van der Waals surface area contributed by atoms with Gasteiger partial charge >= 0.3 is 0 Å². The average molecular weight is 443 g/mol. The fourth-order valence-corrected chi connectivity index (χ4v) is 6.13. The van der Waals surface area contributed by atoms with Gasteiger partial charge in [-0.3, -0.25) is 4.72 Å². The van der Waals surface area contributed by atoms with Gasteiger partial charge in [0.2, 0.25) is 10.0 Å². The Kier molecular flexibility index (Phi) is 6.34. The van der Waals surface area contributed by atoms with Crippen LogP contribution in [0.3, 0.4) is 0 Å². The highest BCUT2D eigenvalue weighted by atomic mass is 35.5. The number of nitrogens with one attached hydrogen (secondary N) is 1. The summed E-state index contributed by atoms with van der Waals surface area (Å²) in [4.78, 5) is 0.181. The van der Waals surface area contributed by atoms with Crippen LogP contribution < -0.4 is 4.72 Å². The lowest BCUT2D eigenvalue weighted by molar-refractivity contribution is 0.286. The second kappa shape index (κ2) is 8.41. The Balaban J connectivity index is 1.77. The van der Waals surface area contributed by atoms with Gasteiger partial charge in [0.1, 0.15) is 0 Å². The summed E-state index contributed by atoms with van der Waals surface area (Å²) in [7, 11) is -5.82. The van der Waals surface area contributed by atoms with Gasteiger partial charge in [-0.05, 0) is 55.3 Å². The van der Waals surface area contributed by atoms with E-state index in [2.05, 4.69) is 4.72 Å². The first-order valence-corrected chi connectivity index (χ1v) is 12.4. The van der Waals surface area contributed by atoms with E-state index in [0.717, 1.165) is 32.1 Å². The normalized spacial score (nSPS) is 16.2. The molecule has 0 radical (unpaired) electrons. The highest BCUT2D eigenvalue weighted by Gasteiger charge is 2.29. The first kappa shape index (κ1) is 21.1. The molecule has 0 amide bonds. The number of rotatable bonds is 6. The summed E-state index contributed by atoms with van der Waals surface area (Å²) < 4.78 is 54.5. The molecule has 2 aromatic rings. The second-order valence-corrected chi connectivity index (χ2v) is 11.0. The van der Waals surface area contributed by atoms with E-state index >= 15 is 0 Å². The molecule has 1 N–H and O–H groups in total. The van der Waals surface area contributed by atoms with Gasteiger partial charge in [0.25, 0.3) is 10.0 Å². The zero-order valence-corrected chi connectivity index (χ0v) is 17.9. The van der Waals surface area contributed by atoms with E-state index in [1.54, 1.807) is 19.2 Å². The Morgan fingerprint density at radius 2 is 1.57 bits per heavy atom. The summed E-state index contributed by atoms with van der Waals surface area (Å²) in [5.74, 6) is 0. The highest BCUT2D eigenvalue weighted by molar-refractivity contribution is 7.92. The molecule has 1 aliphatic rings. The minimum atomic E-state index is -3.81. The van der Waals surface area contributed by atoms with Crippen molar-refractivity contribution >= 4 is 37.3 Å². The SMILES string of the molecule is CN(C1CCCCC1)S(=O)(=O)c1ccc(NS(=O)(=O)c2cccc(Cl)c2)cc1. The monoisotopic (exact) mass is 442 g/mol. The van der Waals surface area contributed by atoms with Crippen LogP contribution in [0.15, 0.2) is 58.3 Å². The number of hydrogen-bond acceptors (Lipinski definition) is 4. The molecule has 6 nitrogen and oxygen atoms in total. The van der Waals surface area contributed by atoms with Gasteiger partial charge in [-0.2, -0.15) is 4.31 Å². The molecule has 0 heterocycles. The van der Waals surface area contributed by atoms with Crippen LogP contribution in [0, 0.1) is 0 Å². The molecule has 0 unspecified atom stereocenters. The molecule has 152 valence electrons. The first-order valence-electron chi connectivity index (χ1n) is 9.07. The molecule has 1 aliphatic carbocycles. The van der Waals surface area contributed by atoms with Gasteiger partial charge in [0.15, 0.2) is 0 Å². The van der Waals surface area contributed by atoms with Crippen LogP contribution in [0.2, 0.25) is 5.02 Å². The largest absolute Gasteiger partial charge is 0.280 e. The van der Waals surface area contributed by atoms with Gasteiger partial charge in [-0.25, -0.2) is 16.8 Å². The number of anilines is 1. The fourth-order valence-electron chi connectivity index (χ4n) is 3.35. The van der Waals surface area contributed by atoms with Crippen LogP contribution in [0.25, 0.3) is 0 Å². The van der Waals surface area contributed by atoms with Crippen molar-refractivity contribution in [2.75, 3.05) is 11.8 Å². The van der Waals surface area contributed by atoms with Crippen LogP contribution in [0.1, 0.15) is 32.1 Å². The number of halogens is 1. The molecular formula is C19H23ClN2O4S2. The Hall–Kier alpha value is -1.61. The number of sulfonamides is 2. The van der Waals surface area contributed by atoms with E-state index in [1.165, 1.54) is 40.7 Å². The Morgan fingerprint density at radius 3 is 2.18 bits per heavy atom. The summed E-state index contributed by atoms with van der Waals surface area (Å²) in [6.45, 7) is 0. The predicted molar refractivity (Wildman–Crippen MR) is 111 cm³/mol. The van der Waals surface area contributed by atoms with Gasteiger partial charge in [-0.1, -0.05) is 36.9 Å². The van der Waals surface area contributed by atoms with Crippen LogP contribution in [-0.4, -0.2) is 34.2 Å². The molecule has 1 fully saturated rings. The third-order valence-electron chi connectivity index (χ3n) is 4.98. The third kappa shape index (κ3) is 4.68. The van der Waals surface area contributed by atoms with E-state index in [-0.39, 0.29) is 21.5 Å². The summed E-state index contributed by atoms with van der Waals surface area (Å²) in [5.41, 5.74) is 0.277. The second-order valence-electron chi connectivity index (χ2n) is 6.90. The van der Waals surface area contributed by atoms with E-state index in [0.29, 0.717) is 5.02 Å². The van der Waals surface area contributed by atoms with E-state index < -0.39 is 20.0 Å². The molecule has 28 heavy (non-hydrogen) atoms. The Morgan fingerprint density at radius 1 is 0.929 bits per heavy atom. The van der Waals surface area contributed by atoms with Gasteiger partial charge in [0, 0.05) is 23.8 Å². The van der Waals surface area contributed by atoms with Crippen molar-refractivity contribution in [1.82, 2.24) is 4.31 Å². The zero-order valence-electron chi connectivity index (χ0n) is 15.5. The predicted octanol–water partition coefficient (Wildman–Crippen LogP) is 4.09. The minimum Gasteiger partial charge on any atom is -0.280 e. The van der Waals surface area contributed by atoms with Crippen molar-refractivity contribution in [3.05, 3.63) is 53.6 Å². The summed E-state index contributed by atoms with van der Waals surface area (Å²) >= 11 is 5.85. The maximum atomic E-state index is 12.9. The number of hydrogen-bond donors (Lipinski definition) is 1. The van der Waals surface area contributed by atoms with Crippen molar-refractivity contribution in [3.63, 3.8) is 0 Å². The molecule has 2 aromatic carbocycles. The third-order valence-corrected chi connectivity index (χ3v) is 8.52. The number of nitrogens with zero attached hydrogens (tertiary/aromatic N) is 1. The van der Waals surface area contributed by atoms with Gasteiger partial charge in [0.05, 0.1) is 9.79 Å². The summed E-state index contributed by atoms with van der Waals surface area (Å²) in [5, 5.41) is 0.315. The van der Waals surface area contributed by atoms with Gasteiger partial charge < -0.3 is 0 Å².